The van der Waals surface area contributed by atoms with Gasteiger partial charge in [-0.05, 0) is 248 Å². The van der Waals surface area contributed by atoms with Crippen LogP contribution in [-0.4, -0.2) is 90.1 Å². The van der Waals surface area contributed by atoms with Crippen LogP contribution in [0.1, 0.15) is 85.9 Å². The second-order valence-corrected chi connectivity index (χ2v) is 33.2. The maximum atomic E-state index is 8.56. The fraction of sp³-hybridized carbons (Fsp3) is 0.136. The van der Waals surface area contributed by atoms with Gasteiger partial charge in [0.1, 0.15) is 0 Å². The molecule has 138 heavy (non-hydrogen) atoms. The van der Waals surface area contributed by atoms with E-state index < -0.39 is 0 Å². The Kier molecular flexibility index (Phi) is 38.1. The third kappa shape index (κ3) is 27.0. The molecule has 3 heterocycles. The van der Waals surface area contributed by atoms with Gasteiger partial charge in [0.05, 0.1) is 54.3 Å². The molecule has 3 aromatic heterocycles. The van der Waals surface area contributed by atoms with Crippen molar-refractivity contribution in [1.29, 1.82) is 0 Å². The maximum Gasteiger partial charge on any atom is 0.265 e. The Hall–Kier alpha value is -14.2. The van der Waals surface area contributed by atoms with Crippen molar-refractivity contribution in [3.63, 3.8) is 0 Å². The number of rotatable bonds is 20. The average molecular weight is 2190 g/mol. The summed E-state index contributed by atoms with van der Waals surface area (Å²) in [5.74, 6) is 2.03. The number of anilines is 9. The molecule has 0 fully saturated rings. The molecule has 0 saturated heterocycles. The van der Waals surface area contributed by atoms with E-state index in [1.807, 2.05) is 113 Å². The predicted molar refractivity (Wildman–Crippen MR) is 559 cm³/mol. The van der Waals surface area contributed by atoms with Crippen LogP contribution in [0, 0.1) is 39.8 Å². The fourth-order valence-corrected chi connectivity index (χ4v) is 16.5. The third-order valence-electron chi connectivity index (χ3n) is 22.5. The number of ether oxygens (including phenoxy) is 1. The number of aliphatic hydroxyl groups excluding tert-OH is 4. The number of fused-ring (bicyclic) bond motifs is 5. The van der Waals surface area contributed by atoms with E-state index in [-0.39, 0.29) is 70.5 Å². The number of para-hydroxylation sites is 3. The van der Waals surface area contributed by atoms with Crippen LogP contribution >= 0.6 is 9.03 Å². The summed E-state index contributed by atoms with van der Waals surface area (Å²) in [7, 11) is 8.61. The zero-order chi connectivity index (χ0) is 95.2. The molecule has 20 rings (SSSR count). The zero-order valence-corrected chi connectivity index (χ0v) is 84.1. The fourth-order valence-electron chi connectivity index (χ4n) is 16.5. The van der Waals surface area contributed by atoms with E-state index >= 15 is 0 Å². The first-order valence-corrected chi connectivity index (χ1v) is 45.7. The minimum absolute atomic E-state index is 0. The van der Waals surface area contributed by atoms with Crippen molar-refractivity contribution in [2.75, 3.05) is 21.8 Å². The molecule has 4 N–H and O–H groups in total. The molecule has 0 bridgehead atoms. The van der Waals surface area contributed by atoms with E-state index in [9.17, 15) is 0 Å². The minimum Gasteiger partial charge on any atom is -0.540 e. The van der Waals surface area contributed by atoms with E-state index in [1.54, 1.807) is 53.3 Å². The summed E-state index contributed by atoms with van der Waals surface area (Å²) in [4.78, 5) is 24.4. The normalized spacial score (nSPS) is 11.7. The molecule has 0 aliphatic heterocycles. The van der Waals surface area contributed by atoms with Crippen LogP contribution in [0.15, 0.2) is 416 Å². The van der Waals surface area contributed by atoms with Gasteiger partial charge in [-0.3, -0.25) is 9.97 Å². The molecule has 1 aliphatic rings. The van der Waals surface area contributed by atoms with Gasteiger partial charge in [0.15, 0.2) is 0 Å². The molecule has 16 nitrogen and oxygen atoms in total. The predicted octanol–water partition coefficient (Wildman–Crippen LogP) is 28.4. The standard InChI is InChI=1S/C44H32N2.C39H27N3O.C13H13N2O.C12H11N2.2C5H12O2.BHNP.2Ir/c1-3-17-37(18-4-1)45(43-23-11-15-35-13-7-9-21-41(35)43)39-29-25-33(26-30-39)34-27-31-40(32-28-34)46(38-19-5-2-6-20-38)44-24-12-16-36-14-8-10-22-42(36)44;1-3-11-28(12-4-1)38-40-41-39(43-38)29-21-25-32(26-22-29)42(30-13-5-2-6-14-30)31-23-19-27(20-24-31)37-35-17-9-7-15-33(35)34-16-8-10-18-36(34)37;1-9-8-14-13(10(2)15-9)11-4-6-12(16-3)7-5-11;1-9-8-13-12(10(2)14-9)11-6-4-3-5-7-11;2*1-4(6)3-5(2)7;1-2-3;;/h1-32H;1-26,37H;4,6-8H,1-3H3;3-6,8H,1-2H3;2*4-7H,3H2,1-2H3;3H;;/q;;2*-1;;;;;. The van der Waals surface area contributed by atoms with Crippen LogP contribution in [-0.2, 0) is 40.2 Å². The van der Waals surface area contributed by atoms with Gasteiger partial charge in [0, 0.05) is 149 Å². The second-order valence-electron chi connectivity index (χ2n) is 32.9. The second kappa shape index (κ2) is 51.1. The summed E-state index contributed by atoms with van der Waals surface area (Å²) >= 11 is 0. The van der Waals surface area contributed by atoms with E-state index in [0.29, 0.717) is 24.6 Å². The van der Waals surface area contributed by atoms with Crippen molar-refractivity contribution in [3.8, 4) is 73.4 Å². The first-order chi connectivity index (χ1) is 66.3. The number of hydrogen-bond donors (Lipinski definition) is 4. The van der Waals surface area contributed by atoms with Gasteiger partial charge in [-0.2, -0.15) is 0 Å². The van der Waals surface area contributed by atoms with Crippen LogP contribution in [0.25, 0.3) is 89.2 Å². The quantitative estimate of drug-likeness (QED) is 0.0318. The Morgan fingerprint density at radius 1 is 0.377 bits per heavy atom. The topological polar surface area (TPSA) is 203 Å². The smallest absolute Gasteiger partial charge is 0.265 e. The van der Waals surface area contributed by atoms with Gasteiger partial charge in [0.2, 0.25) is 11.8 Å². The van der Waals surface area contributed by atoms with Crippen molar-refractivity contribution >= 4 is 89.7 Å². The van der Waals surface area contributed by atoms with Crippen LogP contribution in [0.3, 0.4) is 0 Å². The van der Waals surface area contributed by atoms with Gasteiger partial charge in [0.25, 0.3) is 7.98 Å². The summed E-state index contributed by atoms with van der Waals surface area (Å²) in [5, 5.41) is 47.7. The molecular weight excluding hydrogens is 2080 g/mol. The van der Waals surface area contributed by atoms with Crippen molar-refractivity contribution < 1.29 is 69.8 Å². The number of aryl methyl sites for hydroxylation is 4. The van der Waals surface area contributed by atoms with Crippen molar-refractivity contribution in [1.82, 2.24) is 30.1 Å². The van der Waals surface area contributed by atoms with Gasteiger partial charge >= 0.3 is 0 Å². The Labute approximate surface area is 840 Å². The third-order valence-corrected chi connectivity index (χ3v) is 22.5. The van der Waals surface area contributed by atoms with Gasteiger partial charge in [-0.1, -0.05) is 231 Å². The van der Waals surface area contributed by atoms with Crippen LogP contribution in [0.2, 0.25) is 0 Å². The van der Waals surface area contributed by atoms with Crippen molar-refractivity contribution in [2.24, 2.45) is 4.66 Å². The Balaban J connectivity index is 0.000000168. The molecule has 0 saturated carbocycles. The molecule has 16 aromatic carbocycles. The van der Waals surface area contributed by atoms with Crippen LogP contribution < -0.4 is 19.4 Å². The van der Waals surface area contributed by atoms with E-state index in [2.05, 4.69) is 382 Å². The molecule has 0 spiro atoms. The van der Waals surface area contributed by atoms with E-state index in [0.717, 1.165) is 113 Å². The van der Waals surface area contributed by atoms with E-state index in [1.165, 1.54) is 60.5 Å². The molecule has 694 valence electrons. The number of aromatic nitrogens is 6. The molecule has 0 amide bonds. The Morgan fingerprint density at radius 2 is 0.717 bits per heavy atom. The number of benzene rings is 16. The molecule has 4 unspecified atom stereocenters. The maximum absolute atomic E-state index is 8.56. The Bertz CT molecular complexity index is 6760. The summed E-state index contributed by atoms with van der Waals surface area (Å²) in [6, 6.07) is 144. The van der Waals surface area contributed by atoms with Gasteiger partial charge in [-0.15, -0.1) is 75.9 Å². The molecule has 20 heteroatoms. The number of nitrogens with zero attached hydrogens (tertiary/aromatic N) is 10. The van der Waals surface area contributed by atoms with E-state index in [4.69, 9.17) is 29.6 Å². The first-order valence-electron chi connectivity index (χ1n) is 45.2. The summed E-state index contributed by atoms with van der Waals surface area (Å²) in [6.45, 7) is 14.4. The monoisotopic (exact) mass is 2190 g/mol. The SMILES string of the molecule is CC(O)CC(C)O.CC(O)CC(C)O.COc1c[c-]c(-c2ncc(C)nc2C)cc1.Cc1cnc(-c2[c-]cccc2)c(C)n1.[B]N=P.[Ir].[Ir].c1ccc(-c2nnc(-c3ccc(N(c4ccccc4)c4ccc(C5c6ccccc6-c6ccccc65)cc4)cc3)o2)cc1.c1ccc(N(c2ccc(-c3ccc(N(c4ccccc4)c4cccc5ccccc45)cc3)cc2)c2cccc3ccccc23)cc1. The molecule has 4 radical (unpaired) electrons. The number of hydrogen-bond acceptors (Lipinski definition) is 16. The number of aliphatic hydroxyl groups is 4. The Morgan fingerprint density at radius 3 is 1.10 bits per heavy atom. The first kappa shape index (κ1) is 103. The summed E-state index contributed by atoms with van der Waals surface area (Å²) < 4.78 is 13.9. The van der Waals surface area contributed by atoms with Gasteiger partial charge < -0.3 is 58.9 Å². The van der Waals surface area contributed by atoms with Crippen LogP contribution in [0.4, 0.5) is 51.2 Å². The van der Waals surface area contributed by atoms with Crippen molar-refractivity contribution in [3.05, 3.63) is 458 Å². The molecular formula is C118H108BIr2N10O6P-2. The average Bonchev–Trinajstić information content (AvgIpc) is 1.62. The molecule has 4 atom stereocenters. The summed E-state index contributed by atoms with van der Waals surface area (Å²) in [6.07, 6.45) is 2.99. The van der Waals surface area contributed by atoms with Gasteiger partial charge in [-0.25, -0.2) is 0 Å². The zero-order valence-electron chi connectivity index (χ0n) is 78.3. The largest absolute Gasteiger partial charge is 0.540 e. The molecule has 1 aliphatic carbocycles. The summed E-state index contributed by atoms with van der Waals surface area (Å²) in [5.41, 5.74) is 28.3. The van der Waals surface area contributed by atoms with Crippen molar-refractivity contribution in [2.45, 2.75) is 98.6 Å². The minimum atomic E-state index is -0.375. The molecule has 19 aromatic rings. The number of methoxy groups -OCH3 is 1. The van der Waals surface area contributed by atoms with Crippen LogP contribution in [0.5, 0.6) is 5.75 Å².